The summed E-state index contributed by atoms with van der Waals surface area (Å²) in [6.07, 6.45) is 6.21. The van der Waals surface area contributed by atoms with Crippen molar-refractivity contribution in [1.29, 1.82) is 0 Å². The lowest BCUT2D eigenvalue weighted by Crippen LogP contribution is -2.26. The minimum atomic E-state index is -0.510. The van der Waals surface area contributed by atoms with Gasteiger partial charge in [0.25, 0.3) is 5.91 Å². The molecule has 11 nitrogen and oxygen atoms in total. The number of hydrogen-bond donors (Lipinski definition) is 4. The number of hydrogen-bond acceptors (Lipinski definition) is 8. The first-order valence-corrected chi connectivity index (χ1v) is 12.2. The number of fused-ring (bicyclic) bond motifs is 1. The van der Waals surface area contributed by atoms with Crippen molar-refractivity contribution in [3.8, 4) is 16.5 Å². The average Bonchev–Trinajstić information content (AvgIpc) is 3.22. The highest BCUT2D eigenvalue weighted by Crippen LogP contribution is 2.27. The second kappa shape index (κ2) is 9.84. The fraction of sp³-hybridized carbons (Fsp3) is 0.348. The van der Waals surface area contributed by atoms with E-state index >= 15 is 0 Å². The molecule has 0 spiro atoms. The Morgan fingerprint density at radius 1 is 1.37 bits per heavy atom. The number of carbonyl (C=O) groups is 1. The second-order valence-electron chi connectivity index (χ2n) is 8.21. The molecular weight excluding hydrogens is 470 g/mol. The van der Waals surface area contributed by atoms with Crippen molar-refractivity contribution in [1.82, 2.24) is 29.9 Å². The normalized spacial score (nSPS) is 14.8. The van der Waals surface area contributed by atoms with Gasteiger partial charge in [0.1, 0.15) is 5.69 Å². The third kappa shape index (κ3) is 5.17. The summed E-state index contributed by atoms with van der Waals surface area (Å²) in [5.41, 5.74) is 1.57. The van der Waals surface area contributed by atoms with E-state index in [0.717, 1.165) is 24.1 Å². The molecule has 1 aliphatic carbocycles. The molecule has 1 saturated carbocycles. The molecule has 35 heavy (non-hydrogen) atoms. The van der Waals surface area contributed by atoms with Crippen LogP contribution in [0.25, 0.3) is 22.3 Å². The maximum atomic E-state index is 12.5. The van der Waals surface area contributed by atoms with Gasteiger partial charge in [-0.2, -0.15) is 9.61 Å². The lowest BCUT2D eigenvalue weighted by Gasteiger charge is -2.04. The summed E-state index contributed by atoms with van der Waals surface area (Å²) in [6, 6.07) is 5.76. The monoisotopic (exact) mass is 495 g/mol. The van der Waals surface area contributed by atoms with Crippen LogP contribution in [0.1, 0.15) is 41.6 Å². The minimum absolute atomic E-state index is 0.157. The van der Waals surface area contributed by atoms with Gasteiger partial charge in [0.05, 0.1) is 34.3 Å². The SMILES string of the molecule is CCCOCCNC(=O)c1ccc(-c2cc(=NC3CC3)n3nc/c(=C\c4[nH]c(=O)[nH]c4O)c3n2)s1. The number of aromatic amines is 2. The smallest absolute Gasteiger partial charge is 0.326 e. The molecule has 0 aromatic carbocycles. The van der Waals surface area contributed by atoms with Gasteiger partial charge < -0.3 is 20.1 Å². The molecule has 0 atom stereocenters. The van der Waals surface area contributed by atoms with Crippen LogP contribution in [0, 0.1) is 0 Å². The molecule has 4 heterocycles. The predicted molar refractivity (Wildman–Crippen MR) is 130 cm³/mol. The highest BCUT2D eigenvalue weighted by atomic mass is 32.1. The quantitative estimate of drug-likeness (QED) is 0.254. The molecule has 0 saturated heterocycles. The van der Waals surface area contributed by atoms with Crippen LogP contribution in [0.3, 0.4) is 0 Å². The largest absolute Gasteiger partial charge is 0.493 e. The number of aromatic hydroxyl groups is 1. The van der Waals surface area contributed by atoms with Crippen LogP contribution in [-0.4, -0.2) is 61.4 Å². The standard InChI is InChI=1S/C23H25N7O4S/c1-2-8-34-9-7-24-22(32)18-6-5-17(35-18)15-11-19(26-14-3-4-14)30-20(27-15)13(12-25-30)10-16-21(31)29-23(33)28-16/h5-6,10-12,14,31H,2-4,7-9H2,1H3,(H,24,32)(H2,28,29,33)/b13-10+,26-19?. The lowest BCUT2D eigenvalue weighted by molar-refractivity contribution is 0.0919. The Bertz CT molecular complexity index is 1540. The van der Waals surface area contributed by atoms with Crippen molar-refractivity contribution in [2.45, 2.75) is 32.2 Å². The van der Waals surface area contributed by atoms with Crippen LogP contribution in [0.2, 0.25) is 0 Å². The average molecular weight is 496 g/mol. The number of ether oxygens (including phenoxy) is 1. The first-order valence-electron chi connectivity index (χ1n) is 11.4. The molecule has 0 radical (unpaired) electrons. The highest BCUT2D eigenvalue weighted by Gasteiger charge is 2.21. The second-order valence-corrected chi connectivity index (χ2v) is 9.30. The number of thiophene rings is 1. The van der Waals surface area contributed by atoms with Crippen molar-refractivity contribution < 1.29 is 14.6 Å². The molecule has 1 amide bonds. The Kier molecular flexibility index (Phi) is 6.47. The van der Waals surface area contributed by atoms with Gasteiger partial charge in [-0.05, 0) is 37.5 Å². The molecule has 4 aromatic rings. The van der Waals surface area contributed by atoms with Crippen LogP contribution in [0.5, 0.6) is 5.88 Å². The summed E-state index contributed by atoms with van der Waals surface area (Å²) in [6.45, 7) is 3.64. The zero-order valence-corrected chi connectivity index (χ0v) is 19.9. The molecule has 4 aromatic heterocycles. The summed E-state index contributed by atoms with van der Waals surface area (Å²) in [5, 5.41) is 17.8. The number of nitrogens with zero attached hydrogens (tertiary/aromatic N) is 4. The molecule has 182 valence electrons. The van der Waals surface area contributed by atoms with E-state index in [1.165, 1.54) is 11.3 Å². The summed E-state index contributed by atoms with van der Waals surface area (Å²) in [4.78, 5) is 39.8. The van der Waals surface area contributed by atoms with Crippen molar-refractivity contribution in [2.24, 2.45) is 4.99 Å². The summed E-state index contributed by atoms with van der Waals surface area (Å²) in [7, 11) is 0. The Morgan fingerprint density at radius 2 is 2.23 bits per heavy atom. The van der Waals surface area contributed by atoms with Gasteiger partial charge in [0.15, 0.2) is 11.1 Å². The van der Waals surface area contributed by atoms with E-state index in [0.29, 0.717) is 46.7 Å². The molecule has 0 bridgehead atoms. The fourth-order valence-corrected chi connectivity index (χ4v) is 4.37. The van der Waals surface area contributed by atoms with Gasteiger partial charge in [-0.15, -0.1) is 11.3 Å². The molecule has 5 rings (SSSR count). The summed E-state index contributed by atoms with van der Waals surface area (Å²) < 4.78 is 7.05. The topological polar surface area (TPSA) is 150 Å². The van der Waals surface area contributed by atoms with E-state index < -0.39 is 5.69 Å². The summed E-state index contributed by atoms with van der Waals surface area (Å²) >= 11 is 1.34. The van der Waals surface area contributed by atoms with E-state index in [2.05, 4.69) is 20.4 Å². The van der Waals surface area contributed by atoms with Gasteiger partial charge >= 0.3 is 5.69 Å². The molecule has 12 heteroatoms. The van der Waals surface area contributed by atoms with Gasteiger partial charge in [0.2, 0.25) is 5.88 Å². The number of rotatable bonds is 9. The number of nitrogens with one attached hydrogen (secondary N) is 3. The zero-order chi connectivity index (χ0) is 24.4. The van der Waals surface area contributed by atoms with Crippen LogP contribution in [0.15, 0.2) is 34.2 Å². The van der Waals surface area contributed by atoms with E-state index in [1.807, 2.05) is 19.1 Å². The first kappa shape index (κ1) is 23.0. The maximum Gasteiger partial charge on any atom is 0.326 e. The number of imidazole rings is 1. The predicted octanol–water partition coefficient (Wildman–Crippen LogP) is 0.947. The van der Waals surface area contributed by atoms with Gasteiger partial charge in [-0.3, -0.25) is 14.8 Å². The first-order chi connectivity index (χ1) is 17.0. The van der Waals surface area contributed by atoms with Gasteiger partial charge in [0, 0.05) is 24.4 Å². The minimum Gasteiger partial charge on any atom is -0.493 e. The number of carbonyl (C=O) groups excluding carboxylic acids is 1. The van der Waals surface area contributed by atoms with Crippen molar-refractivity contribution >= 4 is 29.0 Å². The molecule has 1 aliphatic rings. The molecule has 4 N–H and O–H groups in total. The third-order valence-electron chi connectivity index (χ3n) is 5.34. The lowest BCUT2D eigenvalue weighted by atomic mass is 10.3. The fourth-order valence-electron chi connectivity index (χ4n) is 3.49. The Balaban J connectivity index is 1.50. The van der Waals surface area contributed by atoms with Gasteiger partial charge in [-0.25, -0.2) is 9.78 Å². The van der Waals surface area contributed by atoms with Crippen LogP contribution in [-0.2, 0) is 4.74 Å². The van der Waals surface area contributed by atoms with E-state index in [4.69, 9.17) is 14.7 Å². The third-order valence-corrected chi connectivity index (χ3v) is 6.45. The van der Waals surface area contributed by atoms with Crippen LogP contribution >= 0.6 is 11.3 Å². The van der Waals surface area contributed by atoms with Gasteiger partial charge in [-0.1, -0.05) is 6.92 Å². The summed E-state index contributed by atoms with van der Waals surface area (Å²) in [5.74, 6) is -0.419. The van der Waals surface area contributed by atoms with Crippen molar-refractivity contribution in [2.75, 3.05) is 19.8 Å². The Hall–Kier alpha value is -3.77. The van der Waals surface area contributed by atoms with Crippen LogP contribution < -0.4 is 21.7 Å². The van der Waals surface area contributed by atoms with E-state index in [-0.39, 0.29) is 23.5 Å². The zero-order valence-electron chi connectivity index (χ0n) is 19.1. The Labute approximate surface area is 203 Å². The molecule has 0 unspecified atom stereocenters. The molecule has 0 aliphatic heterocycles. The number of amides is 1. The van der Waals surface area contributed by atoms with E-state index in [1.54, 1.807) is 22.9 Å². The maximum absolute atomic E-state index is 12.5. The van der Waals surface area contributed by atoms with Crippen molar-refractivity contribution in [3.63, 3.8) is 0 Å². The van der Waals surface area contributed by atoms with Crippen LogP contribution in [0.4, 0.5) is 0 Å². The molecular formula is C23H25N7O4S. The number of H-pyrrole nitrogens is 2. The van der Waals surface area contributed by atoms with E-state index in [9.17, 15) is 14.7 Å². The molecule has 1 fully saturated rings. The van der Waals surface area contributed by atoms with Crippen molar-refractivity contribution in [3.05, 3.63) is 56.2 Å². The number of aromatic nitrogens is 5. The Morgan fingerprint density at radius 3 is 2.97 bits per heavy atom. The highest BCUT2D eigenvalue weighted by molar-refractivity contribution is 7.17.